The van der Waals surface area contributed by atoms with Gasteiger partial charge in [-0.25, -0.2) is 0 Å². The number of hydrogen-bond donors (Lipinski definition) is 1. The maximum Gasteiger partial charge on any atom is 0.238 e. The Balaban J connectivity index is 2.14. The fraction of sp³-hybridized carbons (Fsp3) is 0.929. The molecule has 1 aliphatic heterocycles. The van der Waals surface area contributed by atoms with Crippen molar-refractivity contribution in [2.45, 2.75) is 71.5 Å². The SMILES string of the molecule is CCCC1NCC(=O)N1C1CCCCC1(C)C. The summed E-state index contributed by atoms with van der Waals surface area (Å²) in [5.41, 5.74) is 0.284. The van der Waals surface area contributed by atoms with E-state index >= 15 is 0 Å². The van der Waals surface area contributed by atoms with Crippen LogP contribution in [-0.2, 0) is 4.79 Å². The monoisotopic (exact) mass is 238 g/mol. The molecule has 0 aromatic heterocycles. The molecule has 0 radical (unpaired) electrons. The van der Waals surface area contributed by atoms with Crippen LogP contribution in [0.4, 0.5) is 0 Å². The standard InChI is InChI=1S/C14H26N2O/c1-4-7-12-15-10-13(17)16(12)11-8-5-6-9-14(11,2)3/h11-12,15H,4-10H2,1-3H3. The third-order valence-corrected chi connectivity index (χ3v) is 4.46. The molecule has 0 aromatic carbocycles. The van der Waals surface area contributed by atoms with Gasteiger partial charge < -0.3 is 4.90 Å². The van der Waals surface area contributed by atoms with Crippen LogP contribution < -0.4 is 5.32 Å². The molecule has 0 aromatic rings. The number of carbonyl (C=O) groups is 1. The highest BCUT2D eigenvalue weighted by Crippen LogP contribution is 2.40. The van der Waals surface area contributed by atoms with E-state index in [9.17, 15) is 4.79 Å². The van der Waals surface area contributed by atoms with Gasteiger partial charge in [0, 0.05) is 6.04 Å². The number of amides is 1. The van der Waals surface area contributed by atoms with Crippen molar-refractivity contribution in [3.63, 3.8) is 0 Å². The summed E-state index contributed by atoms with van der Waals surface area (Å²) in [6.45, 7) is 7.38. The maximum absolute atomic E-state index is 12.1. The fourth-order valence-electron chi connectivity index (χ4n) is 3.47. The van der Waals surface area contributed by atoms with Crippen LogP contribution >= 0.6 is 0 Å². The molecule has 2 rings (SSSR count). The van der Waals surface area contributed by atoms with Crippen molar-refractivity contribution in [1.82, 2.24) is 10.2 Å². The number of nitrogens with zero attached hydrogens (tertiary/aromatic N) is 1. The Hall–Kier alpha value is -0.570. The molecule has 1 aliphatic carbocycles. The van der Waals surface area contributed by atoms with E-state index in [0.29, 0.717) is 18.5 Å². The number of rotatable bonds is 3. The molecule has 3 heteroatoms. The van der Waals surface area contributed by atoms with E-state index in [2.05, 4.69) is 31.0 Å². The summed E-state index contributed by atoms with van der Waals surface area (Å²) in [5.74, 6) is 0.309. The Morgan fingerprint density at radius 3 is 2.82 bits per heavy atom. The first-order valence-corrected chi connectivity index (χ1v) is 7.11. The Morgan fingerprint density at radius 2 is 2.18 bits per heavy atom. The van der Waals surface area contributed by atoms with E-state index in [-0.39, 0.29) is 11.6 Å². The van der Waals surface area contributed by atoms with Crippen LogP contribution in [0.5, 0.6) is 0 Å². The maximum atomic E-state index is 12.1. The van der Waals surface area contributed by atoms with E-state index in [1.54, 1.807) is 0 Å². The first-order chi connectivity index (χ1) is 8.06. The molecule has 2 atom stereocenters. The Morgan fingerprint density at radius 1 is 1.41 bits per heavy atom. The molecule has 1 amide bonds. The van der Waals surface area contributed by atoms with Crippen LogP contribution in [0.15, 0.2) is 0 Å². The van der Waals surface area contributed by atoms with Crippen molar-refractivity contribution in [3.05, 3.63) is 0 Å². The summed E-state index contributed by atoms with van der Waals surface area (Å²) in [6.07, 6.45) is 7.52. The minimum atomic E-state index is 0.284. The van der Waals surface area contributed by atoms with Gasteiger partial charge in [0.05, 0.1) is 12.7 Å². The highest BCUT2D eigenvalue weighted by Gasteiger charge is 2.43. The van der Waals surface area contributed by atoms with E-state index in [4.69, 9.17) is 0 Å². The molecule has 98 valence electrons. The van der Waals surface area contributed by atoms with Crippen LogP contribution in [0.25, 0.3) is 0 Å². The normalized spacial score (nSPS) is 33.1. The summed E-state index contributed by atoms with van der Waals surface area (Å²) in [6, 6.07) is 0.440. The second-order valence-corrected chi connectivity index (χ2v) is 6.24. The average molecular weight is 238 g/mol. The topological polar surface area (TPSA) is 32.3 Å². The van der Waals surface area contributed by atoms with Gasteiger partial charge in [0.1, 0.15) is 0 Å². The second kappa shape index (κ2) is 4.97. The highest BCUT2D eigenvalue weighted by molar-refractivity contribution is 5.81. The molecular formula is C14H26N2O. The van der Waals surface area contributed by atoms with Crippen molar-refractivity contribution in [1.29, 1.82) is 0 Å². The lowest BCUT2D eigenvalue weighted by molar-refractivity contribution is -0.134. The summed E-state index contributed by atoms with van der Waals surface area (Å²) in [7, 11) is 0. The van der Waals surface area contributed by atoms with Crippen LogP contribution in [0, 0.1) is 5.41 Å². The number of hydrogen-bond acceptors (Lipinski definition) is 2. The minimum Gasteiger partial charge on any atom is -0.323 e. The largest absolute Gasteiger partial charge is 0.323 e. The van der Waals surface area contributed by atoms with E-state index in [0.717, 1.165) is 12.8 Å². The van der Waals surface area contributed by atoms with Crippen molar-refractivity contribution in [2.24, 2.45) is 5.41 Å². The van der Waals surface area contributed by atoms with Gasteiger partial charge in [-0.15, -0.1) is 0 Å². The van der Waals surface area contributed by atoms with Gasteiger partial charge in [-0.3, -0.25) is 10.1 Å². The summed E-state index contributed by atoms with van der Waals surface area (Å²) < 4.78 is 0. The summed E-state index contributed by atoms with van der Waals surface area (Å²) >= 11 is 0. The lowest BCUT2D eigenvalue weighted by Gasteiger charge is -2.45. The molecule has 1 saturated heterocycles. The van der Waals surface area contributed by atoms with E-state index in [1.165, 1.54) is 25.7 Å². The van der Waals surface area contributed by atoms with Crippen molar-refractivity contribution in [2.75, 3.05) is 6.54 Å². The third kappa shape index (κ3) is 2.49. The lowest BCUT2D eigenvalue weighted by Crippen LogP contribution is -2.52. The Kier molecular flexibility index (Phi) is 3.76. The molecule has 2 unspecified atom stereocenters. The van der Waals surface area contributed by atoms with Crippen LogP contribution in [0.1, 0.15) is 59.3 Å². The molecule has 17 heavy (non-hydrogen) atoms. The zero-order valence-electron chi connectivity index (χ0n) is 11.5. The van der Waals surface area contributed by atoms with E-state index in [1.807, 2.05) is 0 Å². The van der Waals surface area contributed by atoms with Crippen molar-refractivity contribution in [3.8, 4) is 0 Å². The van der Waals surface area contributed by atoms with Crippen molar-refractivity contribution < 1.29 is 4.79 Å². The number of carbonyl (C=O) groups excluding carboxylic acids is 1. The third-order valence-electron chi connectivity index (χ3n) is 4.46. The molecule has 0 spiro atoms. The van der Waals surface area contributed by atoms with Gasteiger partial charge in [0.2, 0.25) is 5.91 Å². The van der Waals surface area contributed by atoms with Crippen molar-refractivity contribution >= 4 is 5.91 Å². The van der Waals surface area contributed by atoms with Gasteiger partial charge in [-0.1, -0.05) is 40.0 Å². The van der Waals surface area contributed by atoms with Gasteiger partial charge in [0.15, 0.2) is 0 Å². The van der Waals surface area contributed by atoms with Crippen LogP contribution in [-0.4, -0.2) is 29.6 Å². The molecular weight excluding hydrogens is 212 g/mol. The predicted octanol–water partition coefficient (Wildman–Crippen LogP) is 2.51. The smallest absolute Gasteiger partial charge is 0.238 e. The molecule has 2 fully saturated rings. The minimum absolute atomic E-state index is 0.284. The molecule has 3 nitrogen and oxygen atoms in total. The summed E-state index contributed by atoms with van der Waals surface area (Å²) in [4.78, 5) is 14.3. The van der Waals surface area contributed by atoms with E-state index < -0.39 is 0 Å². The quantitative estimate of drug-likeness (QED) is 0.819. The van der Waals surface area contributed by atoms with Crippen LogP contribution in [0.3, 0.4) is 0 Å². The first-order valence-electron chi connectivity index (χ1n) is 7.11. The number of nitrogens with one attached hydrogen (secondary N) is 1. The van der Waals surface area contributed by atoms with Gasteiger partial charge >= 0.3 is 0 Å². The molecule has 2 aliphatic rings. The fourth-order valence-corrected chi connectivity index (χ4v) is 3.47. The molecule has 1 N–H and O–H groups in total. The predicted molar refractivity (Wildman–Crippen MR) is 69.6 cm³/mol. The summed E-state index contributed by atoms with van der Waals surface area (Å²) in [5, 5.41) is 3.37. The first kappa shape index (κ1) is 12.9. The zero-order valence-corrected chi connectivity index (χ0v) is 11.5. The highest BCUT2D eigenvalue weighted by atomic mass is 16.2. The zero-order chi connectivity index (χ0) is 12.5. The van der Waals surface area contributed by atoms with Gasteiger partial charge in [-0.05, 0) is 24.7 Å². The van der Waals surface area contributed by atoms with Crippen LogP contribution in [0.2, 0.25) is 0 Å². The molecule has 1 heterocycles. The molecule has 0 bridgehead atoms. The van der Waals surface area contributed by atoms with Gasteiger partial charge in [-0.2, -0.15) is 0 Å². The average Bonchev–Trinajstić information content (AvgIpc) is 2.61. The Bertz CT molecular complexity index is 288. The Labute approximate surface area is 105 Å². The molecule has 1 saturated carbocycles. The van der Waals surface area contributed by atoms with Gasteiger partial charge in [0.25, 0.3) is 0 Å². The lowest BCUT2D eigenvalue weighted by atomic mass is 9.72. The second-order valence-electron chi connectivity index (χ2n) is 6.24.